The first-order chi connectivity index (χ1) is 8.86. The number of carbonyl (C=O) groups excluding carboxylic acids is 1. The summed E-state index contributed by atoms with van der Waals surface area (Å²) in [6, 6.07) is 5.03. The molecule has 0 saturated heterocycles. The molecule has 0 spiro atoms. The zero-order valence-corrected chi connectivity index (χ0v) is 11.8. The molecular weight excluding hydrogens is 245 g/mol. The van der Waals surface area contributed by atoms with Gasteiger partial charge in [0.1, 0.15) is 5.82 Å². The van der Waals surface area contributed by atoms with E-state index in [4.69, 9.17) is 5.11 Å². The number of amides is 1. The molecule has 0 aliphatic rings. The zero-order chi connectivity index (χ0) is 14.5. The number of hydrogen-bond donors (Lipinski definition) is 2. The van der Waals surface area contributed by atoms with Crippen molar-refractivity contribution < 1.29 is 14.3 Å². The molecule has 106 valence electrons. The summed E-state index contributed by atoms with van der Waals surface area (Å²) in [4.78, 5) is 11.5. The third-order valence-electron chi connectivity index (χ3n) is 3.23. The molecule has 0 atom stereocenters. The summed E-state index contributed by atoms with van der Waals surface area (Å²) in [6.07, 6.45) is 0.803. The lowest BCUT2D eigenvalue weighted by molar-refractivity contribution is -0.121. The van der Waals surface area contributed by atoms with Crippen molar-refractivity contribution in [2.45, 2.75) is 39.0 Å². The van der Waals surface area contributed by atoms with Gasteiger partial charge in [-0.15, -0.1) is 0 Å². The van der Waals surface area contributed by atoms with Crippen LogP contribution < -0.4 is 5.32 Å². The van der Waals surface area contributed by atoms with Gasteiger partial charge in [0.05, 0.1) is 0 Å². The Bertz CT molecular complexity index is 444. The molecule has 1 amide bonds. The summed E-state index contributed by atoms with van der Waals surface area (Å²) >= 11 is 0. The highest BCUT2D eigenvalue weighted by molar-refractivity contribution is 5.75. The van der Waals surface area contributed by atoms with Crippen LogP contribution in [-0.2, 0) is 10.2 Å². The van der Waals surface area contributed by atoms with Crippen molar-refractivity contribution in [1.29, 1.82) is 0 Å². The van der Waals surface area contributed by atoms with Crippen LogP contribution in [0.5, 0.6) is 0 Å². The van der Waals surface area contributed by atoms with E-state index in [-0.39, 0.29) is 23.7 Å². The van der Waals surface area contributed by atoms with E-state index in [1.807, 2.05) is 19.9 Å². The Morgan fingerprint density at radius 3 is 2.68 bits per heavy atom. The van der Waals surface area contributed by atoms with Crippen molar-refractivity contribution in [3.63, 3.8) is 0 Å². The van der Waals surface area contributed by atoms with Crippen LogP contribution in [0.3, 0.4) is 0 Å². The van der Waals surface area contributed by atoms with Crippen LogP contribution in [0.2, 0.25) is 0 Å². The summed E-state index contributed by atoms with van der Waals surface area (Å²) < 4.78 is 13.2. The van der Waals surface area contributed by atoms with Crippen LogP contribution in [0.1, 0.15) is 37.8 Å². The van der Waals surface area contributed by atoms with Gasteiger partial charge in [-0.2, -0.15) is 0 Å². The minimum absolute atomic E-state index is 0.0218. The number of aliphatic hydroxyl groups excluding tert-OH is 1. The first-order valence-corrected chi connectivity index (χ1v) is 6.51. The monoisotopic (exact) mass is 267 g/mol. The van der Waals surface area contributed by atoms with E-state index >= 15 is 0 Å². The molecule has 1 aromatic carbocycles. The number of benzene rings is 1. The number of halogens is 1. The van der Waals surface area contributed by atoms with Crippen LogP contribution in [0.15, 0.2) is 18.2 Å². The summed E-state index contributed by atoms with van der Waals surface area (Å²) in [6.45, 7) is 6.25. The van der Waals surface area contributed by atoms with Gasteiger partial charge in [0.25, 0.3) is 0 Å². The smallest absolute Gasteiger partial charge is 0.220 e. The van der Waals surface area contributed by atoms with E-state index < -0.39 is 0 Å². The molecule has 0 aromatic heterocycles. The highest BCUT2D eigenvalue weighted by Gasteiger charge is 2.22. The predicted molar refractivity (Wildman–Crippen MR) is 73.5 cm³/mol. The number of aryl methyl sites for hydroxylation is 1. The van der Waals surface area contributed by atoms with E-state index in [0.717, 1.165) is 5.56 Å². The second-order valence-corrected chi connectivity index (χ2v) is 5.45. The summed E-state index contributed by atoms with van der Waals surface area (Å²) in [7, 11) is 0. The topological polar surface area (TPSA) is 49.3 Å². The quantitative estimate of drug-likeness (QED) is 0.831. The average Bonchev–Trinajstić information content (AvgIpc) is 2.37. The molecule has 0 radical (unpaired) electrons. The van der Waals surface area contributed by atoms with Crippen molar-refractivity contribution in [3.8, 4) is 0 Å². The molecule has 0 saturated carbocycles. The molecule has 0 aliphatic heterocycles. The molecule has 1 aromatic rings. The maximum Gasteiger partial charge on any atom is 0.220 e. The minimum Gasteiger partial charge on any atom is -0.396 e. The van der Waals surface area contributed by atoms with Crippen LogP contribution >= 0.6 is 0 Å². The second kappa shape index (κ2) is 6.66. The van der Waals surface area contributed by atoms with E-state index in [1.54, 1.807) is 13.0 Å². The third kappa shape index (κ3) is 4.63. The summed E-state index contributed by atoms with van der Waals surface area (Å²) in [5.41, 5.74) is 1.35. The normalized spacial score (nSPS) is 11.4. The highest BCUT2D eigenvalue weighted by atomic mass is 19.1. The number of nitrogens with one attached hydrogen (secondary N) is 1. The molecular formula is C15H22FNO2. The van der Waals surface area contributed by atoms with Crippen molar-refractivity contribution in [2.24, 2.45) is 0 Å². The summed E-state index contributed by atoms with van der Waals surface area (Å²) in [5, 5.41) is 11.5. The molecule has 3 nitrogen and oxygen atoms in total. The lowest BCUT2D eigenvalue weighted by Crippen LogP contribution is -2.36. The van der Waals surface area contributed by atoms with Crippen molar-refractivity contribution in [2.75, 3.05) is 13.2 Å². The Kier molecular flexibility index (Phi) is 5.48. The number of carbonyl (C=O) groups is 1. The molecule has 4 heteroatoms. The van der Waals surface area contributed by atoms with Gasteiger partial charge in [0.2, 0.25) is 5.91 Å². The summed E-state index contributed by atoms with van der Waals surface area (Å²) in [5.74, 6) is -0.285. The first-order valence-electron chi connectivity index (χ1n) is 6.51. The molecule has 0 heterocycles. The zero-order valence-electron chi connectivity index (χ0n) is 11.8. The largest absolute Gasteiger partial charge is 0.396 e. The molecule has 1 rings (SSSR count). The Morgan fingerprint density at radius 1 is 1.42 bits per heavy atom. The van der Waals surface area contributed by atoms with Crippen molar-refractivity contribution in [1.82, 2.24) is 5.32 Å². The van der Waals surface area contributed by atoms with E-state index in [1.165, 1.54) is 6.07 Å². The molecule has 0 unspecified atom stereocenters. The van der Waals surface area contributed by atoms with Crippen molar-refractivity contribution >= 4 is 5.91 Å². The van der Waals surface area contributed by atoms with Gasteiger partial charge in [-0.05, 0) is 30.5 Å². The Labute approximate surface area is 113 Å². The standard InChI is InChI=1S/C15H22FNO2/c1-11-9-12(6-7-13(11)16)15(2,3)10-17-14(19)5-4-8-18/h6-7,9,18H,4-5,8,10H2,1-3H3,(H,17,19). The number of rotatable bonds is 6. The van der Waals surface area contributed by atoms with E-state index in [0.29, 0.717) is 24.9 Å². The van der Waals surface area contributed by atoms with Gasteiger partial charge in [-0.1, -0.05) is 26.0 Å². The molecule has 0 aliphatic carbocycles. The highest BCUT2D eigenvalue weighted by Crippen LogP contribution is 2.24. The van der Waals surface area contributed by atoms with Gasteiger partial charge in [0, 0.05) is 25.0 Å². The predicted octanol–water partition coefficient (Wildman–Crippen LogP) is 2.30. The fourth-order valence-corrected chi connectivity index (χ4v) is 1.82. The molecule has 19 heavy (non-hydrogen) atoms. The maximum absolute atomic E-state index is 13.2. The Morgan fingerprint density at radius 2 is 2.11 bits per heavy atom. The fraction of sp³-hybridized carbons (Fsp3) is 0.533. The SMILES string of the molecule is Cc1cc(C(C)(C)CNC(=O)CCCO)ccc1F. The van der Waals surface area contributed by atoms with Crippen molar-refractivity contribution in [3.05, 3.63) is 35.1 Å². The minimum atomic E-state index is -0.257. The van der Waals surface area contributed by atoms with Gasteiger partial charge in [-0.3, -0.25) is 4.79 Å². The lowest BCUT2D eigenvalue weighted by Gasteiger charge is -2.26. The fourth-order valence-electron chi connectivity index (χ4n) is 1.82. The van der Waals surface area contributed by atoms with Gasteiger partial charge < -0.3 is 10.4 Å². The number of hydrogen-bond acceptors (Lipinski definition) is 2. The van der Waals surface area contributed by atoms with Crippen LogP contribution in [0.4, 0.5) is 4.39 Å². The average molecular weight is 267 g/mol. The maximum atomic E-state index is 13.2. The Hall–Kier alpha value is -1.42. The molecule has 0 fully saturated rings. The van der Waals surface area contributed by atoms with Gasteiger partial charge >= 0.3 is 0 Å². The van der Waals surface area contributed by atoms with E-state index in [2.05, 4.69) is 5.32 Å². The van der Waals surface area contributed by atoms with Crippen LogP contribution in [0.25, 0.3) is 0 Å². The Balaban J connectivity index is 2.64. The van der Waals surface area contributed by atoms with Gasteiger partial charge in [-0.25, -0.2) is 4.39 Å². The third-order valence-corrected chi connectivity index (χ3v) is 3.23. The lowest BCUT2D eigenvalue weighted by atomic mass is 9.84. The molecule has 2 N–H and O–H groups in total. The van der Waals surface area contributed by atoms with Gasteiger partial charge in [0.15, 0.2) is 0 Å². The molecule has 0 bridgehead atoms. The van der Waals surface area contributed by atoms with E-state index in [9.17, 15) is 9.18 Å². The van der Waals surface area contributed by atoms with Crippen LogP contribution in [0, 0.1) is 12.7 Å². The second-order valence-electron chi connectivity index (χ2n) is 5.45. The first kappa shape index (κ1) is 15.6. The number of aliphatic hydroxyl groups is 1. The van der Waals surface area contributed by atoms with Crippen LogP contribution in [-0.4, -0.2) is 24.2 Å².